The fourth-order valence-electron chi connectivity index (χ4n) is 2.52. The molecule has 21 heavy (non-hydrogen) atoms. The number of carbonyl (C=O) groups excluding carboxylic acids is 2. The second-order valence-electron chi connectivity index (χ2n) is 5.54. The highest BCUT2D eigenvalue weighted by Crippen LogP contribution is 2.29. The fraction of sp³-hybridized carbons (Fsp3) is 0.786. The molecule has 0 radical (unpaired) electrons. The van der Waals surface area contributed by atoms with E-state index in [1.54, 1.807) is 4.90 Å². The number of carboxylic acids is 1. The van der Waals surface area contributed by atoms with E-state index in [4.69, 9.17) is 9.84 Å². The van der Waals surface area contributed by atoms with E-state index in [9.17, 15) is 14.4 Å². The molecule has 2 amide bonds. The van der Waals surface area contributed by atoms with Crippen LogP contribution in [0.1, 0.15) is 32.6 Å². The summed E-state index contributed by atoms with van der Waals surface area (Å²) < 4.78 is 5.18. The minimum Gasteiger partial charge on any atom is -0.480 e. The van der Waals surface area contributed by atoms with Crippen LogP contribution in [0.15, 0.2) is 0 Å². The molecule has 1 aliphatic carbocycles. The van der Waals surface area contributed by atoms with Crippen molar-refractivity contribution in [1.82, 2.24) is 9.80 Å². The van der Waals surface area contributed by atoms with Crippen molar-refractivity contribution in [2.45, 2.75) is 44.7 Å². The summed E-state index contributed by atoms with van der Waals surface area (Å²) in [6.07, 6.45) is 1.90. The lowest BCUT2D eigenvalue weighted by molar-refractivity contribution is -0.150. The second-order valence-corrected chi connectivity index (χ2v) is 5.54. The Morgan fingerprint density at radius 3 is 2.38 bits per heavy atom. The van der Waals surface area contributed by atoms with Crippen LogP contribution in [-0.4, -0.2) is 71.1 Å². The Labute approximate surface area is 123 Å². The topological polar surface area (TPSA) is 87.2 Å². The molecule has 0 bridgehead atoms. The van der Waals surface area contributed by atoms with Crippen molar-refractivity contribution in [3.63, 3.8) is 0 Å². The van der Waals surface area contributed by atoms with Crippen molar-refractivity contribution < 1.29 is 24.2 Å². The lowest BCUT2D eigenvalue weighted by Crippen LogP contribution is -2.45. The van der Waals surface area contributed by atoms with Gasteiger partial charge in [0.25, 0.3) is 0 Å². The molecule has 0 spiro atoms. The number of aliphatic carboxylic acids is 1. The van der Waals surface area contributed by atoms with Gasteiger partial charge in [0.05, 0.1) is 13.2 Å². The zero-order valence-corrected chi connectivity index (χ0v) is 12.3. The molecule has 1 N–H and O–H groups in total. The van der Waals surface area contributed by atoms with Crippen molar-refractivity contribution in [2.75, 3.05) is 26.3 Å². The van der Waals surface area contributed by atoms with Gasteiger partial charge >= 0.3 is 5.97 Å². The molecule has 0 aromatic heterocycles. The average Bonchev–Trinajstić information content (AvgIpc) is 3.30. The molecule has 1 heterocycles. The average molecular weight is 298 g/mol. The van der Waals surface area contributed by atoms with E-state index in [1.165, 1.54) is 11.8 Å². The van der Waals surface area contributed by atoms with Crippen molar-refractivity contribution in [3.05, 3.63) is 0 Å². The van der Waals surface area contributed by atoms with Crippen molar-refractivity contribution >= 4 is 17.8 Å². The molecular formula is C14H22N2O5. The Morgan fingerprint density at radius 1 is 1.24 bits per heavy atom. The Kier molecular flexibility index (Phi) is 5.17. The van der Waals surface area contributed by atoms with Crippen molar-refractivity contribution in [2.24, 2.45) is 0 Å². The lowest BCUT2D eigenvalue weighted by Gasteiger charge is -2.28. The van der Waals surface area contributed by atoms with E-state index in [1.807, 2.05) is 0 Å². The number of ether oxygens (including phenoxy) is 1. The second kappa shape index (κ2) is 6.89. The summed E-state index contributed by atoms with van der Waals surface area (Å²) in [6.45, 7) is 3.70. The fourth-order valence-corrected chi connectivity index (χ4v) is 2.52. The number of nitrogens with zero attached hydrogens (tertiary/aromatic N) is 2. The smallest absolute Gasteiger partial charge is 0.326 e. The molecule has 2 rings (SSSR count). The summed E-state index contributed by atoms with van der Waals surface area (Å²) in [5.41, 5.74) is 0. The first-order valence-corrected chi connectivity index (χ1v) is 7.40. The third-order valence-electron chi connectivity index (χ3n) is 3.92. The van der Waals surface area contributed by atoms with E-state index >= 15 is 0 Å². The van der Waals surface area contributed by atoms with Crippen LogP contribution in [0.5, 0.6) is 0 Å². The molecule has 0 aromatic rings. The Balaban J connectivity index is 1.84. The van der Waals surface area contributed by atoms with Gasteiger partial charge in [0.2, 0.25) is 11.8 Å². The molecule has 7 nitrogen and oxygen atoms in total. The van der Waals surface area contributed by atoms with Gasteiger partial charge in [-0.3, -0.25) is 9.59 Å². The van der Waals surface area contributed by atoms with E-state index in [0.717, 1.165) is 12.8 Å². The van der Waals surface area contributed by atoms with Gasteiger partial charge in [-0.2, -0.15) is 0 Å². The molecule has 2 fully saturated rings. The van der Waals surface area contributed by atoms with Gasteiger partial charge in [0.15, 0.2) is 0 Å². The summed E-state index contributed by atoms with van der Waals surface area (Å²) in [5.74, 6) is -1.31. The number of hydrogen-bond acceptors (Lipinski definition) is 4. The van der Waals surface area contributed by atoms with Gasteiger partial charge in [-0.25, -0.2) is 4.79 Å². The number of rotatable bonds is 6. The van der Waals surface area contributed by atoms with E-state index in [-0.39, 0.29) is 30.7 Å². The number of amides is 2. The molecule has 1 aliphatic heterocycles. The summed E-state index contributed by atoms with van der Waals surface area (Å²) in [6, 6.07) is -0.800. The van der Waals surface area contributed by atoms with E-state index in [0.29, 0.717) is 26.3 Å². The van der Waals surface area contributed by atoms with Crippen LogP contribution in [0, 0.1) is 0 Å². The normalized spacial score (nSPS) is 20.0. The van der Waals surface area contributed by atoms with Gasteiger partial charge in [-0.15, -0.1) is 0 Å². The lowest BCUT2D eigenvalue weighted by atomic mass is 10.2. The maximum Gasteiger partial charge on any atom is 0.326 e. The zero-order valence-electron chi connectivity index (χ0n) is 12.3. The first-order valence-electron chi connectivity index (χ1n) is 7.40. The standard InChI is InChI=1S/C14H22N2O5/c1-10(14(19)20)16(11-2-3-11)13(18)5-4-12(17)15-6-8-21-9-7-15/h10-11H,2-9H2,1H3,(H,19,20). The maximum absolute atomic E-state index is 12.2. The van der Waals surface area contributed by atoms with E-state index in [2.05, 4.69) is 0 Å². The van der Waals surface area contributed by atoms with Gasteiger partial charge in [-0.05, 0) is 19.8 Å². The minimum absolute atomic E-state index is 0.0297. The third-order valence-corrected chi connectivity index (χ3v) is 3.92. The van der Waals surface area contributed by atoms with Crippen LogP contribution in [0.25, 0.3) is 0 Å². The van der Waals surface area contributed by atoms with Gasteiger partial charge in [0.1, 0.15) is 6.04 Å². The number of carbonyl (C=O) groups is 3. The van der Waals surface area contributed by atoms with Crippen LogP contribution in [0.3, 0.4) is 0 Å². The first kappa shape index (κ1) is 15.8. The highest BCUT2D eigenvalue weighted by atomic mass is 16.5. The van der Waals surface area contributed by atoms with Gasteiger partial charge in [0, 0.05) is 32.0 Å². The van der Waals surface area contributed by atoms with Crippen molar-refractivity contribution in [1.29, 1.82) is 0 Å². The predicted octanol–water partition coefficient (Wildman–Crippen LogP) is 0.0895. The van der Waals surface area contributed by atoms with Crippen LogP contribution in [-0.2, 0) is 19.1 Å². The molecule has 2 aliphatic rings. The summed E-state index contributed by atoms with van der Waals surface area (Å²) in [4.78, 5) is 38.4. The predicted molar refractivity (Wildman–Crippen MR) is 73.6 cm³/mol. The highest BCUT2D eigenvalue weighted by molar-refractivity contribution is 5.87. The monoisotopic (exact) mass is 298 g/mol. The van der Waals surface area contributed by atoms with Crippen LogP contribution in [0.4, 0.5) is 0 Å². The molecule has 7 heteroatoms. The van der Waals surface area contributed by atoms with Crippen LogP contribution in [0.2, 0.25) is 0 Å². The first-order chi connectivity index (χ1) is 10.0. The Bertz CT molecular complexity index is 416. The molecule has 1 saturated heterocycles. The van der Waals surface area contributed by atoms with Crippen LogP contribution < -0.4 is 0 Å². The molecule has 0 aromatic carbocycles. The van der Waals surface area contributed by atoms with Crippen LogP contribution >= 0.6 is 0 Å². The van der Waals surface area contributed by atoms with Gasteiger partial charge < -0.3 is 19.6 Å². The molecule has 1 saturated carbocycles. The molecule has 118 valence electrons. The minimum atomic E-state index is -1.00. The number of morpholine rings is 1. The Morgan fingerprint density at radius 2 is 1.86 bits per heavy atom. The largest absolute Gasteiger partial charge is 0.480 e. The van der Waals surface area contributed by atoms with Crippen molar-refractivity contribution in [3.8, 4) is 0 Å². The summed E-state index contributed by atoms with van der Waals surface area (Å²) in [5, 5.41) is 9.08. The third kappa shape index (κ3) is 4.17. The molecular weight excluding hydrogens is 276 g/mol. The maximum atomic E-state index is 12.2. The summed E-state index contributed by atoms with van der Waals surface area (Å²) >= 11 is 0. The number of hydrogen-bond donors (Lipinski definition) is 1. The highest BCUT2D eigenvalue weighted by Gasteiger charge is 2.38. The quantitative estimate of drug-likeness (QED) is 0.751. The number of carboxylic acid groups (broad SMARTS) is 1. The zero-order chi connectivity index (χ0) is 15.4. The van der Waals surface area contributed by atoms with Gasteiger partial charge in [-0.1, -0.05) is 0 Å². The van der Waals surface area contributed by atoms with E-state index < -0.39 is 12.0 Å². The Hall–Kier alpha value is -1.63. The molecule has 1 atom stereocenters. The summed E-state index contributed by atoms with van der Waals surface area (Å²) in [7, 11) is 0. The molecule has 1 unspecified atom stereocenters. The SMILES string of the molecule is CC(C(=O)O)N(C(=O)CCC(=O)N1CCOCC1)C1CC1.